The van der Waals surface area contributed by atoms with Gasteiger partial charge in [-0.15, -0.1) is 0 Å². The van der Waals surface area contributed by atoms with Gasteiger partial charge in [-0.3, -0.25) is 4.79 Å². The molecule has 0 spiro atoms. The summed E-state index contributed by atoms with van der Waals surface area (Å²) >= 11 is 0. The summed E-state index contributed by atoms with van der Waals surface area (Å²) in [6.07, 6.45) is 7.11. The van der Waals surface area contributed by atoms with E-state index in [1.165, 1.54) is 57.2 Å². The minimum atomic E-state index is -3.51. The van der Waals surface area contributed by atoms with E-state index in [2.05, 4.69) is 15.2 Å². The van der Waals surface area contributed by atoms with Crippen LogP contribution in [0, 0.1) is 0 Å². The Balaban J connectivity index is 1.55. The average Bonchev–Trinajstić information content (AvgIpc) is 2.92. The van der Waals surface area contributed by atoms with E-state index in [0.717, 1.165) is 24.3 Å². The molecular formula is C23H37N5O3S. The summed E-state index contributed by atoms with van der Waals surface area (Å²) in [6, 6.07) is 5.03. The van der Waals surface area contributed by atoms with Crippen molar-refractivity contribution in [2.45, 2.75) is 63.3 Å². The summed E-state index contributed by atoms with van der Waals surface area (Å²) < 4.78 is 28.1. The highest BCUT2D eigenvalue weighted by molar-refractivity contribution is 7.89. The van der Waals surface area contributed by atoms with Crippen LogP contribution in [0.3, 0.4) is 0 Å². The van der Waals surface area contributed by atoms with Gasteiger partial charge in [0, 0.05) is 40.0 Å². The van der Waals surface area contributed by atoms with E-state index in [4.69, 9.17) is 0 Å². The molecule has 9 heteroatoms. The topological polar surface area (TPSA) is 87.5 Å². The Kier molecular flexibility index (Phi) is 8.67. The number of sulfonamides is 1. The average molecular weight is 464 g/mol. The van der Waals surface area contributed by atoms with Crippen LogP contribution in [0.4, 0.5) is 0 Å². The molecule has 8 nitrogen and oxygen atoms in total. The van der Waals surface area contributed by atoms with Gasteiger partial charge in [-0.25, -0.2) is 17.7 Å². The van der Waals surface area contributed by atoms with Gasteiger partial charge < -0.3 is 14.8 Å². The number of nitrogens with zero attached hydrogens (tertiary/aromatic N) is 4. The third kappa shape index (κ3) is 6.08. The van der Waals surface area contributed by atoms with Gasteiger partial charge in [-0.1, -0.05) is 12.8 Å². The number of amides is 1. The fourth-order valence-corrected chi connectivity index (χ4v) is 5.20. The Morgan fingerprint density at radius 3 is 2.53 bits per heavy atom. The van der Waals surface area contributed by atoms with Gasteiger partial charge in [0.25, 0.3) is 0 Å². The molecule has 1 aromatic heterocycles. The third-order valence-corrected chi connectivity index (χ3v) is 7.95. The second kappa shape index (κ2) is 11.2. The molecule has 0 saturated carbocycles. The van der Waals surface area contributed by atoms with E-state index in [1.807, 2.05) is 11.5 Å². The lowest BCUT2D eigenvalue weighted by molar-refractivity contribution is -0.121. The second-order valence-electron chi connectivity index (χ2n) is 8.67. The summed E-state index contributed by atoms with van der Waals surface area (Å²) in [5, 5.41) is 3.03. The molecule has 0 bridgehead atoms. The van der Waals surface area contributed by atoms with E-state index in [-0.39, 0.29) is 10.8 Å². The molecule has 0 atom stereocenters. The molecule has 0 unspecified atom stereocenters. The molecule has 1 amide bonds. The maximum absolute atomic E-state index is 12.4. The van der Waals surface area contributed by atoms with Gasteiger partial charge in [0.1, 0.15) is 5.82 Å². The van der Waals surface area contributed by atoms with Gasteiger partial charge >= 0.3 is 0 Å². The van der Waals surface area contributed by atoms with Crippen molar-refractivity contribution in [2.75, 3.05) is 40.3 Å². The first kappa shape index (κ1) is 24.7. The second-order valence-corrected chi connectivity index (χ2v) is 10.8. The van der Waals surface area contributed by atoms with Crippen molar-refractivity contribution in [1.29, 1.82) is 0 Å². The number of rotatable bonds is 10. The van der Waals surface area contributed by atoms with Gasteiger partial charge in [-0.2, -0.15) is 0 Å². The predicted molar refractivity (Wildman–Crippen MR) is 127 cm³/mol. The number of hydrogen-bond acceptors (Lipinski definition) is 5. The van der Waals surface area contributed by atoms with Gasteiger partial charge in [0.05, 0.1) is 15.9 Å². The molecule has 1 aromatic carbocycles. The highest BCUT2D eigenvalue weighted by atomic mass is 32.2. The molecule has 0 aliphatic carbocycles. The number of likely N-dealkylation sites (tertiary alicyclic amines) is 1. The molecule has 2 heterocycles. The number of aromatic nitrogens is 2. The Bertz CT molecular complexity index is 1010. The summed E-state index contributed by atoms with van der Waals surface area (Å²) in [5.41, 5.74) is 1.53. The number of nitrogens with one attached hydrogen (secondary N) is 1. The molecule has 2 aromatic rings. The van der Waals surface area contributed by atoms with E-state index in [9.17, 15) is 13.2 Å². The Labute approximate surface area is 192 Å². The van der Waals surface area contributed by atoms with Crippen LogP contribution < -0.4 is 5.32 Å². The van der Waals surface area contributed by atoms with Crippen molar-refractivity contribution in [1.82, 2.24) is 24.1 Å². The van der Waals surface area contributed by atoms with Crippen molar-refractivity contribution in [2.24, 2.45) is 0 Å². The molecule has 3 rings (SSSR count). The minimum Gasteiger partial charge on any atom is -0.356 e. The molecule has 1 N–H and O–H groups in total. The lowest BCUT2D eigenvalue weighted by atomic mass is 10.2. The summed E-state index contributed by atoms with van der Waals surface area (Å²) in [4.78, 5) is 19.7. The van der Waals surface area contributed by atoms with E-state index in [1.54, 1.807) is 18.2 Å². The third-order valence-electron chi connectivity index (χ3n) is 6.14. The highest BCUT2D eigenvalue weighted by Gasteiger charge is 2.19. The maximum atomic E-state index is 12.4. The van der Waals surface area contributed by atoms with Gasteiger partial charge in [-0.05, 0) is 64.0 Å². The number of aryl methyl sites for hydroxylation is 2. The van der Waals surface area contributed by atoms with Crippen LogP contribution >= 0.6 is 0 Å². The number of carbonyl (C=O) groups is 1. The Hall–Kier alpha value is -1.97. The molecule has 1 aliphatic rings. The van der Waals surface area contributed by atoms with Crippen molar-refractivity contribution >= 4 is 27.0 Å². The first-order valence-corrected chi connectivity index (χ1v) is 13.2. The van der Waals surface area contributed by atoms with Gasteiger partial charge in [0.15, 0.2) is 0 Å². The predicted octanol–water partition coefficient (Wildman–Crippen LogP) is 2.62. The molecule has 178 valence electrons. The van der Waals surface area contributed by atoms with Crippen LogP contribution in [0.15, 0.2) is 23.1 Å². The number of fused-ring (bicyclic) bond motifs is 1. The smallest absolute Gasteiger partial charge is 0.242 e. The first-order valence-electron chi connectivity index (χ1n) is 11.7. The minimum absolute atomic E-state index is 0.0338. The van der Waals surface area contributed by atoms with Crippen molar-refractivity contribution < 1.29 is 13.2 Å². The van der Waals surface area contributed by atoms with Crippen molar-refractivity contribution in [3.05, 3.63) is 24.0 Å². The first-order chi connectivity index (χ1) is 15.3. The van der Waals surface area contributed by atoms with Crippen LogP contribution in [-0.2, 0) is 27.8 Å². The van der Waals surface area contributed by atoms with Crippen molar-refractivity contribution in [3.8, 4) is 0 Å². The van der Waals surface area contributed by atoms with E-state index in [0.29, 0.717) is 31.4 Å². The molecule has 1 aliphatic heterocycles. The fraction of sp³-hybridized carbons (Fsp3) is 0.652. The largest absolute Gasteiger partial charge is 0.356 e. The van der Waals surface area contributed by atoms with Crippen LogP contribution in [0.2, 0.25) is 0 Å². The number of hydrogen-bond donors (Lipinski definition) is 1. The fourth-order valence-electron chi connectivity index (χ4n) is 4.28. The number of benzene rings is 1. The normalized spacial score (nSPS) is 15.9. The molecule has 1 fully saturated rings. The van der Waals surface area contributed by atoms with Crippen LogP contribution in [-0.4, -0.2) is 73.4 Å². The Morgan fingerprint density at radius 2 is 1.88 bits per heavy atom. The quantitative estimate of drug-likeness (QED) is 0.547. The standard InChI is InChI=1S/C23H37N5O3S/c1-4-28-21-11-10-19(32(30,31)26(2)3)18-20(21)25-22(28)12-13-23(29)24-14-9-17-27-15-7-5-6-8-16-27/h10-11,18H,4-9,12-17H2,1-3H3,(H,24,29). The van der Waals surface area contributed by atoms with Crippen molar-refractivity contribution in [3.63, 3.8) is 0 Å². The maximum Gasteiger partial charge on any atom is 0.242 e. The molecule has 32 heavy (non-hydrogen) atoms. The van der Waals surface area contributed by atoms with Crippen LogP contribution in [0.25, 0.3) is 11.0 Å². The molecular weight excluding hydrogens is 426 g/mol. The summed E-state index contributed by atoms with van der Waals surface area (Å²) in [7, 11) is -0.479. The zero-order valence-corrected chi connectivity index (χ0v) is 20.5. The number of carbonyl (C=O) groups excluding carboxylic acids is 1. The van der Waals surface area contributed by atoms with Crippen LogP contribution in [0.1, 0.15) is 51.3 Å². The SMILES string of the molecule is CCn1c(CCC(=O)NCCCN2CCCCCC2)nc2cc(S(=O)(=O)N(C)C)ccc21. The number of imidazole rings is 1. The zero-order chi connectivity index (χ0) is 23.1. The van der Waals surface area contributed by atoms with Crippen LogP contribution in [0.5, 0.6) is 0 Å². The Morgan fingerprint density at radius 1 is 1.16 bits per heavy atom. The van der Waals surface area contributed by atoms with Gasteiger partial charge in [0.2, 0.25) is 15.9 Å². The monoisotopic (exact) mass is 463 g/mol. The molecule has 0 radical (unpaired) electrons. The molecule has 1 saturated heterocycles. The summed E-state index contributed by atoms with van der Waals surface area (Å²) in [5.74, 6) is 0.841. The lowest BCUT2D eigenvalue weighted by Crippen LogP contribution is -2.30. The van der Waals surface area contributed by atoms with E-state index < -0.39 is 10.0 Å². The van der Waals surface area contributed by atoms with E-state index >= 15 is 0 Å². The lowest BCUT2D eigenvalue weighted by Gasteiger charge is -2.19. The zero-order valence-electron chi connectivity index (χ0n) is 19.6. The highest BCUT2D eigenvalue weighted by Crippen LogP contribution is 2.22. The summed E-state index contributed by atoms with van der Waals surface area (Å²) in [6.45, 7) is 6.84.